The van der Waals surface area contributed by atoms with Crippen LogP contribution in [0.5, 0.6) is 0 Å². The maximum atomic E-state index is 12.9. The zero-order chi connectivity index (χ0) is 11.2. The second-order valence-corrected chi connectivity index (χ2v) is 4.67. The zero-order valence-corrected chi connectivity index (χ0v) is 9.77. The molecule has 0 unspecified atom stereocenters. The highest BCUT2D eigenvalue weighted by atomic mass is 32.1. The second kappa shape index (κ2) is 5.77. The fourth-order valence-corrected chi connectivity index (χ4v) is 2.26. The molecule has 0 saturated carbocycles. The molecule has 0 bridgehead atoms. The van der Waals surface area contributed by atoms with Gasteiger partial charge in [0.2, 0.25) is 0 Å². The minimum absolute atomic E-state index is 0.169. The van der Waals surface area contributed by atoms with Gasteiger partial charge in [-0.2, -0.15) is 0 Å². The van der Waals surface area contributed by atoms with Crippen molar-refractivity contribution < 1.29 is 4.39 Å². The van der Waals surface area contributed by atoms with E-state index in [1.165, 1.54) is 10.9 Å². The van der Waals surface area contributed by atoms with E-state index in [9.17, 15) is 4.39 Å². The van der Waals surface area contributed by atoms with E-state index in [0.717, 1.165) is 25.1 Å². The lowest BCUT2D eigenvalue weighted by atomic mass is 10.2. The third-order valence-electron chi connectivity index (χ3n) is 2.35. The molecule has 0 aliphatic carbocycles. The van der Waals surface area contributed by atoms with Crippen LogP contribution in [0.2, 0.25) is 0 Å². The number of thiophene rings is 1. The van der Waals surface area contributed by atoms with Gasteiger partial charge >= 0.3 is 0 Å². The van der Waals surface area contributed by atoms with E-state index >= 15 is 0 Å². The number of nitrogens with one attached hydrogen (secondary N) is 1. The quantitative estimate of drug-likeness (QED) is 0.785. The predicted molar refractivity (Wildman–Crippen MR) is 66.1 cm³/mol. The first-order valence-electron chi connectivity index (χ1n) is 5.32. The molecule has 1 heterocycles. The predicted octanol–water partition coefficient (Wildman–Crippen LogP) is 3.22. The molecule has 0 saturated heterocycles. The van der Waals surface area contributed by atoms with Gasteiger partial charge in [0.1, 0.15) is 5.82 Å². The number of benzene rings is 1. The molecule has 1 nitrogen and oxygen atoms in total. The Balaban J connectivity index is 1.72. The molecule has 1 aromatic heterocycles. The van der Waals surface area contributed by atoms with Crippen LogP contribution in [-0.2, 0) is 13.0 Å². The van der Waals surface area contributed by atoms with Gasteiger partial charge < -0.3 is 5.32 Å². The Labute approximate surface area is 98.9 Å². The molecule has 1 aromatic carbocycles. The SMILES string of the molecule is Fc1cccc(CNCCc2cccs2)c1. The van der Waals surface area contributed by atoms with E-state index in [-0.39, 0.29) is 5.82 Å². The molecule has 0 amide bonds. The molecule has 2 rings (SSSR count). The maximum Gasteiger partial charge on any atom is 0.123 e. The van der Waals surface area contributed by atoms with Crippen molar-refractivity contribution in [1.29, 1.82) is 0 Å². The maximum absolute atomic E-state index is 12.9. The van der Waals surface area contributed by atoms with Gasteiger partial charge in [-0.1, -0.05) is 18.2 Å². The first-order valence-corrected chi connectivity index (χ1v) is 6.20. The van der Waals surface area contributed by atoms with Gasteiger partial charge in [0.05, 0.1) is 0 Å². The van der Waals surface area contributed by atoms with Crippen molar-refractivity contribution in [3.05, 3.63) is 58.0 Å². The highest BCUT2D eigenvalue weighted by molar-refractivity contribution is 7.09. The lowest BCUT2D eigenvalue weighted by Gasteiger charge is -2.03. The Morgan fingerprint density at radius 1 is 1.19 bits per heavy atom. The second-order valence-electron chi connectivity index (χ2n) is 3.64. The smallest absolute Gasteiger partial charge is 0.123 e. The summed E-state index contributed by atoms with van der Waals surface area (Å²) in [6.07, 6.45) is 1.03. The first kappa shape index (κ1) is 11.3. The summed E-state index contributed by atoms with van der Waals surface area (Å²) in [6.45, 7) is 1.65. The van der Waals surface area contributed by atoms with Gasteiger partial charge in [0.25, 0.3) is 0 Å². The minimum atomic E-state index is -0.169. The Hall–Kier alpha value is -1.19. The number of hydrogen-bond acceptors (Lipinski definition) is 2. The van der Waals surface area contributed by atoms with Crippen LogP contribution in [-0.4, -0.2) is 6.54 Å². The van der Waals surface area contributed by atoms with Gasteiger partial charge in [0, 0.05) is 18.0 Å². The molecule has 2 aromatic rings. The van der Waals surface area contributed by atoms with Crippen LogP contribution in [0, 0.1) is 5.82 Å². The van der Waals surface area contributed by atoms with E-state index in [0.29, 0.717) is 0 Å². The molecule has 0 aliphatic heterocycles. The van der Waals surface area contributed by atoms with Gasteiger partial charge in [0.15, 0.2) is 0 Å². The third-order valence-corrected chi connectivity index (χ3v) is 3.28. The van der Waals surface area contributed by atoms with Gasteiger partial charge in [-0.05, 0) is 35.6 Å². The summed E-state index contributed by atoms with van der Waals surface area (Å²) in [5.41, 5.74) is 0.992. The van der Waals surface area contributed by atoms with Crippen molar-refractivity contribution in [1.82, 2.24) is 5.32 Å². The van der Waals surface area contributed by atoms with Crippen molar-refractivity contribution in [2.75, 3.05) is 6.54 Å². The molecule has 0 radical (unpaired) electrons. The molecule has 84 valence electrons. The Morgan fingerprint density at radius 2 is 2.12 bits per heavy atom. The average Bonchev–Trinajstić information content (AvgIpc) is 2.77. The average molecular weight is 235 g/mol. The summed E-state index contributed by atoms with van der Waals surface area (Å²) in [6, 6.07) is 10.9. The van der Waals surface area contributed by atoms with E-state index in [1.807, 2.05) is 6.07 Å². The number of hydrogen-bond donors (Lipinski definition) is 1. The lowest BCUT2D eigenvalue weighted by Crippen LogP contribution is -2.16. The lowest BCUT2D eigenvalue weighted by molar-refractivity contribution is 0.620. The van der Waals surface area contributed by atoms with E-state index in [4.69, 9.17) is 0 Å². The van der Waals surface area contributed by atoms with Crippen LogP contribution in [0.1, 0.15) is 10.4 Å². The number of halogens is 1. The highest BCUT2D eigenvalue weighted by Crippen LogP contribution is 2.08. The largest absolute Gasteiger partial charge is 0.312 e. The van der Waals surface area contributed by atoms with Crippen LogP contribution in [0.25, 0.3) is 0 Å². The molecule has 0 spiro atoms. The van der Waals surface area contributed by atoms with Crippen molar-refractivity contribution >= 4 is 11.3 Å². The molecule has 0 atom stereocenters. The van der Waals surface area contributed by atoms with E-state index in [2.05, 4.69) is 22.8 Å². The Kier molecular flexibility index (Phi) is 4.08. The third kappa shape index (κ3) is 3.43. The van der Waals surface area contributed by atoms with E-state index < -0.39 is 0 Å². The van der Waals surface area contributed by atoms with Gasteiger partial charge in [-0.25, -0.2) is 4.39 Å². The summed E-state index contributed by atoms with van der Waals surface area (Å²) >= 11 is 1.77. The molecular weight excluding hydrogens is 221 g/mol. The first-order chi connectivity index (χ1) is 7.84. The fourth-order valence-electron chi connectivity index (χ4n) is 1.55. The summed E-state index contributed by atoms with van der Waals surface area (Å²) in [7, 11) is 0. The van der Waals surface area contributed by atoms with Crippen LogP contribution in [0.15, 0.2) is 41.8 Å². The van der Waals surface area contributed by atoms with Crippen molar-refractivity contribution in [2.24, 2.45) is 0 Å². The molecule has 1 N–H and O–H groups in total. The topological polar surface area (TPSA) is 12.0 Å². The van der Waals surface area contributed by atoms with Crippen LogP contribution in [0.4, 0.5) is 4.39 Å². The van der Waals surface area contributed by atoms with Crippen molar-refractivity contribution in [3.8, 4) is 0 Å². The van der Waals surface area contributed by atoms with Crippen LogP contribution < -0.4 is 5.32 Å². The molecule has 3 heteroatoms. The minimum Gasteiger partial charge on any atom is -0.312 e. The summed E-state index contributed by atoms with van der Waals surface area (Å²) in [5, 5.41) is 5.39. The zero-order valence-electron chi connectivity index (χ0n) is 8.95. The summed E-state index contributed by atoms with van der Waals surface area (Å²) in [4.78, 5) is 1.38. The van der Waals surface area contributed by atoms with Crippen molar-refractivity contribution in [2.45, 2.75) is 13.0 Å². The summed E-state index contributed by atoms with van der Waals surface area (Å²) < 4.78 is 12.9. The monoisotopic (exact) mass is 235 g/mol. The van der Waals surface area contributed by atoms with Crippen LogP contribution >= 0.6 is 11.3 Å². The standard InChI is InChI=1S/C13H14FNS/c14-12-4-1-3-11(9-12)10-15-7-6-13-5-2-8-16-13/h1-5,8-9,15H,6-7,10H2. The Morgan fingerprint density at radius 3 is 2.88 bits per heavy atom. The fraction of sp³-hybridized carbons (Fsp3) is 0.231. The Bertz CT molecular complexity index is 425. The molecule has 16 heavy (non-hydrogen) atoms. The van der Waals surface area contributed by atoms with Crippen LogP contribution in [0.3, 0.4) is 0 Å². The van der Waals surface area contributed by atoms with Crippen molar-refractivity contribution in [3.63, 3.8) is 0 Å². The van der Waals surface area contributed by atoms with E-state index in [1.54, 1.807) is 23.5 Å². The molecular formula is C13H14FNS. The highest BCUT2D eigenvalue weighted by Gasteiger charge is 1.96. The molecule has 0 fully saturated rings. The summed E-state index contributed by atoms with van der Waals surface area (Å²) in [5.74, 6) is -0.169. The molecule has 0 aliphatic rings. The van der Waals surface area contributed by atoms with Gasteiger partial charge in [-0.3, -0.25) is 0 Å². The van der Waals surface area contributed by atoms with Gasteiger partial charge in [-0.15, -0.1) is 11.3 Å². The normalized spacial score (nSPS) is 10.6. The number of rotatable bonds is 5.